The molecule has 2 nitrogen and oxygen atoms in total. The monoisotopic (exact) mass is 172 g/mol. The molecule has 0 amide bonds. The van der Waals surface area contributed by atoms with E-state index in [4.69, 9.17) is 0 Å². The minimum atomic E-state index is 0.381. The Morgan fingerprint density at radius 2 is 2.23 bits per heavy atom. The number of rotatable bonds is 1. The molecule has 0 unspecified atom stereocenters. The lowest BCUT2D eigenvalue weighted by atomic mass is 10.1. The van der Waals surface area contributed by atoms with Crippen LogP contribution in [0.2, 0.25) is 0 Å². The molecule has 0 spiro atoms. The van der Waals surface area contributed by atoms with Gasteiger partial charge in [0.2, 0.25) is 0 Å². The molecular formula is C11H12N2. The molecule has 0 aliphatic heterocycles. The highest BCUT2D eigenvalue weighted by Crippen LogP contribution is 2.46. The minimum absolute atomic E-state index is 0.381. The van der Waals surface area contributed by atoms with Crippen molar-refractivity contribution < 1.29 is 0 Å². The number of aromatic nitrogens is 2. The van der Waals surface area contributed by atoms with Gasteiger partial charge in [0.05, 0.1) is 5.69 Å². The topological polar surface area (TPSA) is 17.3 Å². The first-order valence-corrected chi connectivity index (χ1v) is 4.72. The average molecular weight is 172 g/mol. The van der Waals surface area contributed by atoms with E-state index in [1.54, 1.807) is 0 Å². The SMILES string of the molecule is CC1(c2cn3ccccc3n2)CC1. The Kier molecular flexibility index (Phi) is 1.17. The highest BCUT2D eigenvalue weighted by molar-refractivity contribution is 5.42. The molecule has 2 heterocycles. The number of imidazole rings is 1. The average Bonchev–Trinajstić information content (AvgIpc) is 2.76. The van der Waals surface area contributed by atoms with Crippen molar-refractivity contribution in [2.24, 2.45) is 0 Å². The van der Waals surface area contributed by atoms with Crippen LogP contribution in [0.5, 0.6) is 0 Å². The third-order valence-corrected chi connectivity index (χ3v) is 2.98. The lowest BCUT2D eigenvalue weighted by Crippen LogP contribution is -1.98. The molecule has 66 valence electrons. The number of hydrogen-bond acceptors (Lipinski definition) is 1. The van der Waals surface area contributed by atoms with Crippen LogP contribution in [0.1, 0.15) is 25.5 Å². The summed E-state index contributed by atoms with van der Waals surface area (Å²) in [4.78, 5) is 4.61. The van der Waals surface area contributed by atoms with Gasteiger partial charge in [0.15, 0.2) is 0 Å². The van der Waals surface area contributed by atoms with Crippen LogP contribution >= 0.6 is 0 Å². The largest absolute Gasteiger partial charge is 0.307 e. The predicted octanol–water partition coefficient (Wildman–Crippen LogP) is 2.39. The van der Waals surface area contributed by atoms with Crippen LogP contribution in [0, 0.1) is 0 Å². The van der Waals surface area contributed by atoms with E-state index < -0.39 is 0 Å². The van der Waals surface area contributed by atoms with Crippen LogP contribution in [-0.2, 0) is 5.41 Å². The Bertz CT molecular complexity index is 419. The van der Waals surface area contributed by atoms with Gasteiger partial charge in [-0.3, -0.25) is 0 Å². The molecule has 13 heavy (non-hydrogen) atoms. The summed E-state index contributed by atoms with van der Waals surface area (Å²) in [5.74, 6) is 0. The van der Waals surface area contributed by atoms with Crippen LogP contribution in [0.4, 0.5) is 0 Å². The molecule has 2 aromatic rings. The third kappa shape index (κ3) is 0.981. The Balaban J connectivity index is 2.22. The first-order valence-electron chi connectivity index (χ1n) is 4.72. The summed E-state index contributed by atoms with van der Waals surface area (Å²) in [7, 11) is 0. The molecule has 0 aromatic carbocycles. The molecule has 0 N–H and O–H groups in total. The predicted molar refractivity (Wildman–Crippen MR) is 51.8 cm³/mol. The van der Waals surface area contributed by atoms with E-state index in [1.807, 2.05) is 12.1 Å². The highest BCUT2D eigenvalue weighted by atomic mass is 15.0. The van der Waals surface area contributed by atoms with Gasteiger partial charge >= 0.3 is 0 Å². The maximum Gasteiger partial charge on any atom is 0.136 e. The molecule has 1 aliphatic carbocycles. The zero-order valence-electron chi connectivity index (χ0n) is 7.70. The summed E-state index contributed by atoms with van der Waals surface area (Å²) in [5, 5.41) is 0. The number of nitrogens with zero attached hydrogens (tertiary/aromatic N) is 2. The summed E-state index contributed by atoms with van der Waals surface area (Å²) < 4.78 is 2.10. The van der Waals surface area contributed by atoms with Gasteiger partial charge in [0.25, 0.3) is 0 Å². The van der Waals surface area contributed by atoms with Gasteiger partial charge in [0.1, 0.15) is 5.65 Å². The second-order valence-electron chi connectivity index (χ2n) is 4.15. The van der Waals surface area contributed by atoms with Crippen molar-refractivity contribution in [1.82, 2.24) is 9.38 Å². The van der Waals surface area contributed by atoms with Gasteiger partial charge in [-0.25, -0.2) is 4.98 Å². The van der Waals surface area contributed by atoms with Gasteiger partial charge < -0.3 is 4.40 Å². The van der Waals surface area contributed by atoms with Gasteiger partial charge in [-0.15, -0.1) is 0 Å². The molecule has 2 aromatic heterocycles. The molecule has 0 radical (unpaired) electrons. The summed E-state index contributed by atoms with van der Waals surface area (Å²) in [6, 6.07) is 6.12. The second-order valence-corrected chi connectivity index (χ2v) is 4.15. The van der Waals surface area contributed by atoms with Crippen molar-refractivity contribution in [3.8, 4) is 0 Å². The van der Waals surface area contributed by atoms with Crippen LogP contribution in [0.25, 0.3) is 5.65 Å². The van der Waals surface area contributed by atoms with Crippen molar-refractivity contribution in [3.63, 3.8) is 0 Å². The van der Waals surface area contributed by atoms with E-state index in [0.717, 1.165) is 5.65 Å². The van der Waals surface area contributed by atoms with E-state index in [2.05, 4.69) is 34.8 Å². The summed E-state index contributed by atoms with van der Waals surface area (Å²) in [6.45, 7) is 2.29. The number of fused-ring (bicyclic) bond motifs is 1. The fourth-order valence-electron chi connectivity index (χ4n) is 1.67. The van der Waals surface area contributed by atoms with Crippen LogP contribution in [0.3, 0.4) is 0 Å². The molecule has 2 heteroatoms. The molecule has 0 atom stereocenters. The van der Waals surface area contributed by atoms with Gasteiger partial charge in [0, 0.05) is 17.8 Å². The molecule has 1 saturated carbocycles. The van der Waals surface area contributed by atoms with Crippen molar-refractivity contribution in [2.75, 3.05) is 0 Å². The summed E-state index contributed by atoms with van der Waals surface area (Å²) >= 11 is 0. The van der Waals surface area contributed by atoms with Crippen LogP contribution in [0.15, 0.2) is 30.6 Å². The summed E-state index contributed by atoms with van der Waals surface area (Å²) in [6.07, 6.45) is 6.79. The molecule has 1 aliphatic rings. The Hall–Kier alpha value is -1.31. The molecule has 0 bridgehead atoms. The number of pyridine rings is 1. The lowest BCUT2D eigenvalue weighted by Gasteiger charge is -1.99. The second kappa shape index (κ2) is 2.13. The minimum Gasteiger partial charge on any atom is -0.307 e. The Labute approximate surface area is 77.2 Å². The molecule has 1 fully saturated rings. The third-order valence-electron chi connectivity index (χ3n) is 2.98. The van der Waals surface area contributed by atoms with Gasteiger partial charge in [-0.1, -0.05) is 13.0 Å². The smallest absolute Gasteiger partial charge is 0.136 e. The molecule has 0 saturated heterocycles. The van der Waals surface area contributed by atoms with E-state index in [-0.39, 0.29) is 0 Å². The number of hydrogen-bond donors (Lipinski definition) is 0. The van der Waals surface area contributed by atoms with Crippen LogP contribution in [-0.4, -0.2) is 9.38 Å². The van der Waals surface area contributed by atoms with Crippen molar-refractivity contribution in [2.45, 2.75) is 25.2 Å². The molecule has 3 rings (SSSR count). The quantitative estimate of drug-likeness (QED) is 0.645. The highest BCUT2D eigenvalue weighted by Gasteiger charge is 2.41. The zero-order chi connectivity index (χ0) is 8.89. The Morgan fingerprint density at radius 1 is 1.38 bits per heavy atom. The maximum absolute atomic E-state index is 4.61. The standard InChI is InChI=1S/C11H12N2/c1-11(5-6-11)9-8-13-7-3-2-4-10(13)12-9/h2-4,7-8H,5-6H2,1H3. The van der Waals surface area contributed by atoms with E-state index in [0.29, 0.717) is 5.41 Å². The lowest BCUT2D eigenvalue weighted by molar-refractivity contribution is 0.759. The normalized spacial score (nSPS) is 19.2. The van der Waals surface area contributed by atoms with Crippen LogP contribution < -0.4 is 0 Å². The van der Waals surface area contributed by atoms with Crippen molar-refractivity contribution in [1.29, 1.82) is 0 Å². The first-order chi connectivity index (χ1) is 6.28. The first kappa shape index (κ1) is 7.13. The van der Waals surface area contributed by atoms with E-state index in [1.165, 1.54) is 18.5 Å². The van der Waals surface area contributed by atoms with Gasteiger partial charge in [-0.05, 0) is 25.0 Å². The fraction of sp³-hybridized carbons (Fsp3) is 0.364. The maximum atomic E-state index is 4.61. The van der Waals surface area contributed by atoms with Crippen molar-refractivity contribution in [3.05, 3.63) is 36.3 Å². The van der Waals surface area contributed by atoms with Crippen molar-refractivity contribution >= 4 is 5.65 Å². The Morgan fingerprint density at radius 3 is 2.92 bits per heavy atom. The van der Waals surface area contributed by atoms with E-state index >= 15 is 0 Å². The zero-order valence-corrected chi connectivity index (χ0v) is 7.70. The van der Waals surface area contributed by atoms with Gasteiger partial charge in [-0.2, -0.15) is 0 Å². The summed E-state index contributed by atoms with van der Waals surface area (Å²) in [5.41, 5.74) is 2.69. The fourth-order valence-corrected chi connectivity index (χ4v) is 1.67. The molecular weight excluding hydrogens is 160 g/mol. The van der Waals surface area contributed by atoms with E-state index in [9.17, 15) is 0 Å².